The van der Waals surface area contributed by atoms with Crippen LogP contribution < -0.4 is 5.73 Å². The van der Waals surface area contributed by atoms with E-state index < -0.39 is 0 Å². The van der Waals surface area contributed by atoms with E-state index in [0.717, 1.165) is 38.8 Å². The van der Waals surface area contributed by atoms with E-state index in [-0.39, 0.29) is 17.4 Å². The van der Waals surface area contributed by atoms with Crippen LogP contribution >= 0.6 is 11.3 Å². The normalized spacial score (nSPS) is 18.5. The Morgan fingerprint density at radius 3 is 2.59 bits per heavy atom. The van der Waals surface area contributed by atoms with Gasteiger partial charge in [0.2, 0.25) is 5.91 Å². The number of amides is 1. The van der Waals surface area contributed by atoms with Gasteiger partial charge in [0, 0.05) is 29.8 Å². The molecule has 0 aromatic carbocycles. The van der Waals surface area contributed by atoms with Crippen LogP contribution in [0.3, 0.4) is 0 Å². The zero-order valence-corrected chi connectivity index (χ0v) is 15.1. The lowest BCUT2D eigenvalue weighted by Gasteiger charge is -2.32. The molecule has 5 heteroatoms. The summed E-state index contributed by atoms with van der Waals surface area (Å²) in [5, 5.41) is 3.42. The summed E-state index contributed by atoms with van der Waals surface area (Å²) in [5.74, 6) is 0.613. The van der Waals surface area contributed by atoms with Gasteiger partial charge < -0.3 is 10.6 Å². The van der Waals surface area contributed by atoms with Crippen LogP contribution in [0.5, 0.6) is 0 Å². The minimum atomic E-state index is -0.325. The first kappa shape index (κ1) is 17.4. The molecule has 2 rings (SSSR count). The van der Waals surface area contributed by atoms with Gasteiger partial charge in [-0.3, -0.25) is 4.79 Å². The van der Waals surface area contributed by atoms with Gasteiger partial charge in [0.25, 0.3) is 0 Å². The zero-order valence-electron chi connectivity index (χ0n) is 14.3. The third-order valence-corrected chi connectivity index (χ3v) is 5.37. The molecular formula is C17H29N3OS. The number of hydrogen-bond acceptors (Lipinski definition) is 4. The highest BCUT2D eigenvalue weighted by Gasteiger charge is 2.28. The Kier molecular flexibility index (Phi) is 5.61. The Bertz CT molecular complexity index is 498. The minimum absolute atomic E-state index is 0.109. The molecular weight excluding hydrogens is 294 g/mol. The number of piperidine rings is 1. The maximum absolute atomic E-state index is 12.3. The SMILES string of the molecule is CCCC(N)C(=O)N1CCC(c2nc(C(C)(C)C)cs2)CC1. The smallest absolute Gasteiger partial charge is 0.239 e. The molecule has 0 radical (unpaired) electrons. The summed E-state index contributed by atoms with van der Waals surface area (Å²) in [6.07, 6.45) is 3.74. The summed E-state index contributed by atoms with van der Waals surface area (Å²) in [7, 11) is 0. The van der Waals surface area contributed by atoms with Crippen LogP contribution in [0.4, 0.5) is 0 Å². The van der Waals surface area contributed by atoms with E-state index in [1.807, 2.05) is 4.90 Å². The summed E-state index contributed by atoms with van der Waals surface area (Å²) in [6.45, 7) is 10.3. The summed E-state index contributed by atoms with van der Waals surface area (Å²) < 4.78 is 0. The second-order valence-corrected chi connectivity index (χ2v) is 8.21. The topological polar surface area (TPSA) is 59.2 Å². The largest absolute Gasteiger partial charge is 0.341 e. The van der Waals surface area contributed by atoms with Crippen molar-refractivity contribution in [1.29, 1.82) is 0 Å². The first-order valence-corrected chi connectivity index (χ1v) is 9.21. The Morgan fingerprint density at radius 1 is 1.45 bits per heavy atom. The molecule has 0 bridgehead atoms. The van der Waals surface area contributed by atoms with E-state index in [4.69, 9.17) is 10.7 Å². The Balaban J connectivity index is 1.92. The lowest BCUT2D eigenvalue weighted by molar-refractivity contribution is -0.133. The molecule has 1 aromatic rings. The molecule has 0 spiro atoms. The number of likely N-dealkylation sites (tertiary alicyclic amines) is 1. The highest BCUT2D eigenvalue weighted by Crippen LogP contribution is 2.33. The van der Waals surface area contributed by atoms with Gasteiger partial charge in [-0.2, -0.15) is 0 Å². The van der Waals surface area contributed by atoms with E-state index in [0.29, 0.717) is 5.92 Å². The van der Waals surface area contributed by atoms with Crippen molar-refractivity contribution in [2.24, 2.45) is 5.73 Å². The number of rotatable bonds is 4. The first-order valence-electron chi connectivity index (χ1n) is 8.33. The van der Waals surface area contributed by atoms with E-state index in [9.17, 15) is 4.79 Å². The monoisotopic (exact) mass is 323 g/mol. The van der Waals surface area contributed by atoms with Crippen molar-refractivity contribution in [3.63, 3.8) is 0 Å². The Hall–Kier alpha value is -0.940. The zero-order chi connectivity index (χ0) is 16.3. The van der Waals surface area contributed by atoms with E-state index >= 15 is 0 Å². The molecule has 0 saturated carbocycles. The van der Waals surface area contributed by atoms with Crippen LogP contribution in [0.2, 0.25) is 0 Å². The van der Waals surface area contributed by atoms with E-state index in [2.05, 4.69) is 33.1 Å². The van der Waals surface area contributed by atoms with Crippen molar-refractivity contribution in [3.8, 4) is 0 Å². The molecule has 1 saturated heterocycles. The van der Waals surface area contributed by atoms with Crippen LogP contribution in [0.25, 0.3) is 0 Å². The van der Waals surface area contributed by atoms with Gasteiger partial charge >= 0.3 is 0 Å². The van der Waals surface area contributed by atoms with Gasteiger partial charge in [-0.05, 0) is 19.3 Å². The molecule has 1 aliphatic heterocycles. The van der Waals surface area contributed by atoms with Gasteiger partial charge in [-0.15, -0.1) is 11.3 Å². The van der Waals surface area contributed by atoms with Crippen LogP contribution in [0.15, 0.2) is 5.38 Å². The predicted octanol–water partition coefficient (Wildman–Crippen LogP) is 3.27. The number of aromatic nitrogens is 1. The molecule has 22 heavy (non-hydrogen) atoms. The molecule has 1 amide bonds. The van der Waals surface area contributed by atoms with Gasteiger partial charge in [-0.1, -0.05) is 34.1 Å². The number of hydrogen-bond donors (Lipinski definition) is 1. The summed E-state index contributed by atoms with van der Waals surface area (Å²) >= 11 is 1.77. The van der Waals surface area contributed by atoms with Crippen LogP contribution in [-0.4, -0.2) is 34.9 Å². The molecule has 1 unspecified atom stereocenters. The summed E-state index contributed by atoms with van der Waals surface area (Å²) in [5.41, 5.74) is 7.24. The molecule has 2 N–H and O–H groups in total. The van der Waals surface area contributed by atoms with E-state index in [1.54, 1.807) is 11.3 Å². The molecule has 1 aliphatic rings. The highest BCUT2D eigenvalue weighted by molar-refractivity contribution is 7.09. The van der Waals surface area contributed by atoms with Gasteiger partial charge in [0.1, 0.15) is 0 Å². The van der Waals surface area contributed by atoms with Crippen molar-refractivity contribution < 1.29 is 4.79 Å². The minimum Gasteiger partial charge on any atom is -0.341 e. The van der Waals surface area contributed by atoms with Crippen LogP contribution in [0.1, 0.15) is 70.0 Å². The fourth-order valence-electron chi connectivity index (χ4n) is 2.84. The maximum Gasteiger partial charge on any atom is 0.239 e. The number of nitrogens with zero attached hydrogens (tertiary/aromatic N) is 2. The molecule has 4 nitrogen and oxygen atoms in total. The third kappa shape index (κ3) is 4.07. The van der Waals surface area contributed by atoms with Crippen molar-refractivity contribution in [2.45, 2.75) is 70.8 Å². The van der Waals surface area contributed by atoms with Crippen molar-refractivity contribution in [3.05, 3.63) is 16.1 Å². The first-order chi connectivity index (χ1) is 10.3. The van der Waals surface area contributed by atoms with Gasteiger partial charge in [0.15, 0.2) is 0 Å². The summed E-state index contributed by atoms with van der Waals surface area (Å²) in [6, 6.07) is -0.325. The van der Waals surface area contributed by atoms with Crippen molar-refractivity contribution in [2.75, 3.05) is 13.1 Å². The average molecular weight is 324 g/mol. The molecule has 1 fully saturated rings. The van der Waals surface area contributed by atoms with Crippen LogP contribution in [-0.2, 0) is 10.2 Å². The van der Waals surface area contributed by atoms with Gasteiger partial charge in [0.05, 0.1) is 16.7 Å². The second kappa shape index (κ2) is 7.09. The van der Waals surface area contributed by atoms with E-state index in [1.165, 1.54) is 10.7 Å². The lowest BCUT2D eigenvalue weighted by atomic mass is 9.93. The Morgan fingerprint density at radius 2 is 2.09 bits per heavy atom. The molecule has 1 atom stereocenters. The van der Waals surface area contributed by atoms with Crippen LogP contribution in [0, 0.1) is 0 Å². The molecule has 1 aromatic heterocycles. The second-order valence-electron chi connectivity index (χ2n) is 7.32. The lowest BCUT2D eigenvalue weighted by Crippen LogP contribution is -2.46. The average Bonchev–Trinajstić information content (AvgIpc) is 2.97. The highest BCUT2D eigenvalue weighted by atomic mass is 32.1. The third-order valence-electron chi connectivity index (χ3n) is 4.36. The number of nitrogens with two attached hydrogens (primary N) is 1. The van der Waals surface area contributed by atoms with Gasteiger partial charge in [-0.25, -0.2) is 4.98 Å². The molecule has 0 aliphatic carbocycles. The van der Waals surface area contributed by atoms with Crippen molar-refractivity contribution in [1.82, 2.24) is 9.88 Å². The summed E-state index contributed by atoms with van der Waals surface area (Å²) in [4.78, 5) is 19.0. The quantitative estimate of drug-likeness (QED) is 0.925. The number of carbonyl (C=O) groups excluding carboxylic acids is 1. The predicted molar refractivity (Wildman–Crippen MR) is 92.3 cm³/mol. The van der Waals surface area contributed by atoms with Crippen molar-refractivity contribution >= 4 is 17.2 Å². The molecule has 2 heterocycles. The number of carbonyl (C=O) groups is 1. The molecule has 124 valence electrons. The maximum atomic E-state index is 12.3. The standard InChI is InChI=1S/C17H29N3OS/c1-5-6-13(18)16(21)20-9-7-12(8-10-20)15-19-14(11-22-15)17(2,3)4/h11-13H,5-10,18H2,1-4H3. The number of thiazole rings is 1. The Labute approximate surface area is 138 Å². The fourth-order valence-corrected chi connectivity index (χ4v) is 4.05. The fraction of sp³-hybridized carbons (Fsp3) is 0.765.